The Kier molecular flexibility index (Phi) is 3.84. The van der Waals surface area contributed by atoms with Gasteiger partial charge in [0.25, 0.3) is 0 Å². The molecule has 13 heavy (non-hydrogen) atoms. The van der Waals surface area contributed by atoms with Crippen LogP contribution in [0.5, 0.6) is 0 Å². The SMILES string of the molecule is CCCCNc1ccc(C#N)cc1. The van der Waals surface area contributed by atoms with Gasteiger partial charge in [0, 0.05) is 12.2 Å². The lowest BCUT2D eigenvalue weighted by Gasteiger charge is -2.04. The molecule has 2 nitrogen and oxygen atoms in total. The van der Waals surface area contributed by atoms with E-state index < -0.39 is 0 Å². The molecule has 0 aliphatic carbocycles. The first-order chi connectivity index (χ1) is 6.36. The summed E-state index contributed by atoms with van der Waals surface area (Å²) in [6.07, 6.45) is 2.38. The van der Waals surface area contributed by atoms with Crippen LogP contribution in [0.25, 0.3) is 0 Å². The molecule has 0 aliphatic rings. The second-order valence-electron chi connectivity index (χ2n) is 2.97. The van der Waals surface area contributed by atoms with E-state index in [1.54, 1.807) is 0 Å². The summed E-state index contributed by atoms with van der Waals surface area (Å²) in [5.74, 6) is 0. The van der Waals surface area contributed by atoms with Crippen LogP contribution in [0.4, 0.5) is 5.69 Å². The number of nitrogens with one attached hydrogen (secondary N) is 1. The molecule has 0 atom stereocenters. The van der Waals surface area contributed by atoms with Crippen molar-refractivity contribution < 1.29 is 0 Å². The van der Waals surface area contributed by atoms with Gasteiger partial charge in [-0.05, 0) is 30.7 Å². The van der Waals surface area contributed by atoms with Gasteiger partial charge in [-0.3, -0.25) is 0 Å². The molecule has 1 aromatic carbocycles. The Balaban J connectivity index is 2.46. The maximum Gasteiger partial charge on any atom is 0.0991 e. The number of anilines is 1. The lowest BCUT2D eigenvalue weighted by Crippen LogP contribution is -2.00. The first-order valence-electron chi connectivity index (χ1n) is 4.61. The van der Waals surface area contributed by atoms with Crippen LogP contribution in [-0.4, -0.2) is 6.54 Å². The normalized spacial score (nSPS) is 9.23. The van der Waals surface area contributed by atoms with Crippen molar-refractivity contribution in [1.29, 1.82) is 5.26 Å². The van der Waals surface area contributed by atoms with E-state index in [1.165, 1.54) is 12.8 Å². The van der Waals surface area contributed by atoms with E-state index >= 15 is 0 Å². The Bertz CT molecular complexity index is 282. The van der Waals surface area contributed by atoms with Gasteiger partial charge in [0.05, 0.1) is 11.6 Å². The molecule has 0 bridgehead atoms. The van der Waals surface area contributed by atoms with Crippen LogP contribution in [0.1, 0.15) is 25.3 Å². The van der Waals surface area contributed by atoms with Crippen molar-refractivity contribution in [2.75, 3.05) is 11.9 Å². The Labute approximate surface area is 79.2 Å². The standard InChI is InChI=1S/C11H14N2/c1-2-3-8-13-11-6-4-10(9-12)5-7-11/h4-7,13H,2-3,8H2,1H3. The third-order valence-corrected chi connectivity index (χ3v) is 1.87. The molecule has 2 heteroatoms. The molecule has 1 rings (SSSR count). The fourth-order valence-electron chi connectivity index (χ4n) is 1.07. The number of benzene rings is 1. The summed E-state index contributed by atoms with van der Waals surface area (Å²) in [5, 5.41) is 11.9. The summed E-state index contributed by atoms with van der Waals surface area (Å²) in [5.41, 5.74) is 1.80. The highest BCUT2D eigenvalue weighted by Crippen LogP contribution is 2.08. The van der Waals surface area contributed by atoms with Gasteiger partial charge in [-0.1, -0.05) is 13.3 Å². The van der Waals surface area contributed by atoms with Crippen molar-refractivity contribution in [2.24, 2.45) is 0 Å². The lowest BCUT2D eigenvalue weighted by molar-refractivity contribution is 0.834. The molecule has 1 N–H and O–H groups in total. The second kappa shape index (κ2) is 5.21. The summed E-state index contributed by atoms with van der Waals surface area (Å²) < 4.78 is 0. The largest absolute Gasteiger partial charge is 0.385 e. The first kappa shape index (κ1) is 9.60. The van der Waals surface area contributed by atoms with E-state index in [0.717, 1.165) is 12.2 Å². The predicted molar refractivity (Wildman–Crippen MR) is 54.6 cm³/mol. The summed E-state index contributed by atoms with van der Waals surface area (Å²) in [6.45, 7) is 3.17. The Morgan fingerprint density at radius 2 is 2.00 bits per heavy atom. The number of hydrogen-bond acceptors (Lipinski definition) is 2. The zero-order valence-corrected chi connectivity index (χ0v) is 7.88. The number of nitriles is 1. The average Bonchev–Trinajstić information content (AvgIpc) is 2.19. The van der Waals surface area contributed by atoms with Crippen molar-refractivity contribution >= 4 is 5.69 Å². The number of hydrogen-bond donors (Lipinski definition) is 1. The van der Waals surface area contributed by atoms with Crippen LogP contribution in [0.15, 0.2) is 24.3 Å². The minimum Gasteiger partial charge on any atom is -0.385 e. The minimum atomic E-state index is 0.709. The molecular weight excluding hydrogens is 160 g/mol. The minimum absolute atomic E-state index is 0.709. The van der Waals surface area contributed by atoms with Gasteiger partial charge in [0.15, 0.2) is 0 Å². The van der Waals surface area contributed by atoms with Crippen molar-refractivity contribution in [1.82, 2.24) is 0 Å². The molecule has 0 unspecified atom stereocenters. The molecule has 68 valence electrons. The predicted octanol–water partition coefficient (Wildman–Crippen LogP) is 2.77. The highest BCUT2D eigenvalue weighted by atomic mass is 14.9. The zero-order chi connectivity index (χ0) is 9.52. The Hall–Kier alpha value is -1.49. The van der Waals surface area contributed by atoms with Gasteiger partial charge in [0.1, 0.15) is 0 Å². The smallest absolute Gasteiger partial charge is 0.0991 e. The summed E-state index contributed by atoms with van der Waals surface area (Å²) in [4.78, 5) is 0. The fourth-order valence-corrected chi connectivity index (χ4v) is 1.07. The van der Waals surface area contributed by atoms with E-state index in [-0.39, 0.29) is 0 Å². The maximum absolute atomic E-state index is 8.57. The van der Waals surface area contributed by atoms with E-state index in [2.05, 4.69) is 18.3 Å². The van der Waals surface area contributed by atoms with Crippen LogP contribution in [-0.2, 0) is 0 Å². The topological polar surface area (TPSA) is 35.8 Å². The van der Waals surface area contributed by atoms with Crippen LogP contribution < -0.4 is 5.32 Å². The third kappa shape index (κ3) is 3.16. The van der Waals surface area contributed by atoms with Crippen LogP contribution >= 0.6 is 0 Å². The van der Waals surface area contributed by atoms with Gasteiger partial charge in [0.2, 0.25) is 0 Å². The van der Waals surface area contributed by atoms with Crippen LogP contribution in [0.3, 0.4) is 0 Å². The van der Waals surface area contributed by atoms with Crippen molar-refractivity contribution in [3.05, 3.63) is 29.8 Å². The van der Waals surface area contributed by atoms with E-state index in [9.17, 15) is 0 Å². The monoisotopic (exact) mass is 174 g/mol. The quantitative estimate of drug-likeness (QED) is 0.712. The third-order valence-electron chi connectivity index (χ3n) is 1.87. The summed E-state index contributed by atoms with van der Waals surface area (Å²) in [7, 11) is 0. The lowest BCUT2D eigenvalue weighted by atomic mass is 10.2. The molecule has 0 fully saturated rings. The number of nitrogens with zero attached hydrogens (tertiary/aromatic N) is 1. The highest BCUT2D eigenvalue weighted by molar-refractivity contribution is 5.46. The highest BCUT2D eigenvalue weighted by Gasteiger charge is 1.91. The number of rotatable bonds is 4. The molecule has 0 radical (unpaired) electrons. The second-order valence-corrected chi connectivity index (χ2v) is 2.97. The van der Waals surface area contributed by atoms with E-state index in [0.29, 0.717) is 5.56 Å². The Morgan fingerprint density at radius 1 is 1.31 bits per heavy atom. The first-order valence-corrected chi connectivity index (χ1v) is 4.61. The van der Waals surface area contributed by atoms with E-state index in [4.69, 9.17) is 5.26 Å². The van der Waals surface area contributed by atoms with Crippen molar-refractivity contribution in [2.45, 2.75) is 19.8 Å². The van der Waals surface area contributed by atoms with Gasteiger partial charge in [-0.15, -0.1) is 0 Å². The fraction of sp³-hybridized carbons (Fsp3) is 0.364. The van der Waals surface area contributed by atoms with E-state index in [1.807, 2.05) is 24.3 Å². The average molecular weight is 174 g/mol. The van der Waals surface area contributed by atoms with Crippen molar-refractivity contribution in [3.63, 3.8) is 0 Å². The zero-order valence-electron chi connectivity index (χ0n) is 7.88. The summed E-state index contributed by atoms with van der Waals surface area (Å²) in [6, 6.07) is 9.63. The maximum atomic E-state index is 8.57. The number of unbranched alkanes of at least 4 members (excludes halogenated alkanes) is 1. The Morgan fingerprint density at radius 3 is 2.54 bits per heavy atom. The van der Waals surface area contributed by atoms with Crippen LogP contribution in [0.2, 0.25) is 0 Å². The van der Waals surface area contributed by atoms with Gasteiger partial charge < -0.3 is 5.32 Å². The molecule has 0 spiro atoms. The molecule has 0 aliphatic heterocycles. The molecule has 1 aromatic rings. The molecule has 0 amide bonds. The van der Waals surface area contributed by atoms with Gasteiger partial charge in [-0.2, -0.15) is 5.26 Å². The molecule has 0 saturated carbocycles. The summed E-state index contributed by atoms with van der Waals surface area (Å²) >= 11 is 0. The molecule has 0 heterocycles. The molecule has 0 aromatic heterocycles. The molecule has 0 saturated heterocycles. The van der Waals surface area contributed by atoms with Gasteiger partial charge in [-0.25, -0.2) is 0 Å². The molecular formula is C11H14N2. The van der Waals surface area contributed by atoms with Crippen molar-refractivity contribution in [3.8, 4) is 6.07 Å². The van der Waals surface area contributed by atoms with Crippen LogP contribution in [0, 0.1) is 11.3 Å². The van der Waals surface area contributed by atoms with Gasteiger partial charge >= 0.3 is 0 Å².